The lowest BCUT2D eigenvalue weighted by molar-refractivity contribution is 0.0693. The molecule has 2 rings (SSSR count). The van der Waals surface area contributed by atoms with Crippen molar-refractivity contribution >= 4 is 13.8 Å². The Balaban J connectivity index is 0.000000211. The molecule has 0 saturated heterocycles. The Morgan fingerprint density at radius 3 is 1.90 bits per heavy atom. The second kappa shape index (κ2) is 7.44. The van der Waals surface area contributed by atoms with E-state index < -0.39 is 13.8 Å². The fourth-order valence-corrected chi connectivity index (χ4v) is 1.67. The first-order valence-electron chi connectivity index (χ1n) is 5.61. The Labute approximate surface area is 120 Å². The summed E-state index contributed by atoms with van der Waals surface area (Å²) in [6.07, 6.45) is 0. The molecule has 0 aromatic heterocycles. The van der Waals surface area contributed by atoms with Crippen molar-refractivity contribution in [1.82, 2.24) is 0 Å². The Bertz CT molecular complexity index is 636. The molecule has 7 nitrogen and oxygen atoms in total. The average molecular weight is 312 g/mol. The van der Waals surface area contributed by atoms with Crippen LogP contribution in [0.4, 0.5) is 0 Å². The van der Waals surface area contributed by atoms with Crippen LogP contribution >= 0.6 is 7.82 Å². The van der Waals surface area contributed by atoms with E-state index in [-0.39, 0.29) is 17.1 Å². The van der Waals surface area contributed by atoms with Gasteiger partial charge in [0.25, 0.3) is 0 Å². The summed E-state index contributed by atoms with van der Waals surface area (Å²) < 4.78 is 14.5. The van der Waals surface area contributed by atoms with Crippen LogP contribution in [-0.2, 0) is 4.57 Å². The molecule has 0 bridgehead atoms. The first-order chi connectivity index (χ1) is 9.79. The SMILES string of the molecule is O=C(O)c1ccccc1O.O=P(O)(O)Oc1ccccc1. The number of para-hydroxylation sites is 2. The highest BCUT2D eigenvalue weighted by atomic mass is 31.2. The maximum Gasteiger partial charge on any atom is 0.524 e. The van der Waals surface area contributed by atoms with E-state index in [1.807, 2.05) is 0 Å². The minimum atomic E-state index is -4.39. The summed E-state index contributed by atoms with van der Waals surface area (Å²) in [5, 5.41) is 17.3. The molecule has 8 heteroatoms. The molecule has 4 N–H and O–H groups in total. The molecule has 0 atom stereocenters. The topological polar surface area (TPSA) is 124 Å². The number of rotatable bonds is 3. The van der Waals surface area contributed by atoms with Crippen LogP contribution in [0, 0.1) is 0 Å². The van der Waals surface area contributed by atoms with Crippen molar-refractivity contribution in [3.8, 4) is 11.5 Å². The largest absolute Gasteiger partial charge is 0.524 e. The number of benzene rings is 2. The van der Waals surface area contributed by atoms with Gasteiger partial charge in [0.15, 0.2) is 0 Å². The number of aromatic carboxylic acids is 1. The van der Waals surface area contributed by atoms with Crippen molar-refractivity contribution in [1.29, 1.82) is 0 Å². The van der Waals surface area contributed by atoms with E-state index in [2.05, 4.69) is 4.52 Å². The molecule has 21 heavy (non-hydrogen) atoms. The standard InChI is InChI=1S/C7H6O3.C6H7O4P/c8-6-4-2-1-3-5(6)7(9)10;7-11(8,9)10-6-4-2-1-3-5-6/h1-4,8H,(H,9,10);1-5H,(H2,7,8,9). The van der Waals surface area contributed by atoms with Gasteiger partial charge in [-0.15, -0.1) is 0 Å². The van der Waals surface area contributed by atoms with Crippen LogP contribution in [0.25, 0.3) is 0 Å². The molecule has 0 unspecified atom stereocenters. The predicted molar refractivity (Wildman–Crippen MR) is 74.2 cm³/mol. The lowest BCUT2D eigenvalue weighted by Gasteiger charge is -2.04. The lowest BCUT2D eigenvalue weighted by Crippen LogP contribution is -1.95. The summed E-state index contributed by atoms with van der Waals surface area (Å²) in [5.41, 5.74) is -0.0671. The summed E-state index contributed by atoms with van der Waals surface area (Å²) in [6.45, 7) is 0. The van der Waals surface area contributed by atoms with Gasteiger partial charge in [-0.05, 0) is 24.3 Å². The number of carboxylic acid groups (broad SMARTS) is 1. The van der Waals surface area contributed by atoms with Crippen LogP contribution in [0.2, 0.25) is 0 Å². The van der Waals surface area contributed by atoms with Gasteiger partial charge in [0.1, 0.15) is 17.1 Å². The summed E-state index contributed by atoms with van der Waals surface area (Å²) in [7, 11) is -4.39. The number of phenols is 1. The maximum absolute atomic E-state index is 10.3. The van der Waals surface area contributed by atoms with Crippen molar-refractivity contribution in [3.05, 3.63) is 60.2 Å². The summed E-state index contributed by atoms with van der Waals surface area (Å²) in [4.78, 5) is 27.0. The molecule has 0 heterocycles. The van der Waals surface area contributed by atoms with Gasteiger partial charge in [0.2, 0.25) is 0 Å². The molecule has 112 valence electrons. The third kappa shape index (κ3) is 6.58. The third-order valence-electron chi connectivity index (χ3n) is 2.10. The van der Waals surface area contributed by atoms with E-state index in [4.69, 9.17) is 20.0 Å². The molecule has 0 aliphatic carbocycles. The molecule has 0 amide bonds. The first-order valence-corrected chi connectivity index (χ1v) is 7.14. The van der Waals surface area contributed by atoms with Gasteiger partial charge in [-0.1, -0.05) is 30.3 Å². The highest BCUT2D eigenvalue weighted by Gasteiger charge is 2.14. The Morgan fingerprint density at radius 2 is 1.48 bits per heavy atom. The van der Waals surface area contributed by atoms with Crippen molar-refractivity contribution in [3.63, 3.8) is 0 Å². The quantitative estimate of drug-likeness (QED) is 0.641. The van der Waals surface area contributed by atoms with Crippen molar-refractivity contribution in [2.24, 2.45) is 0 Å². The van der Waals surface area contributed by atoms with Crippen LogP contribution in [0.1, 0.15) is 10.4 Å². The van der Waals surface area contributed by atoms with Crippen LogP contribution in [0.3, 0.4) is 0 Å². The van der Waals surface area contributed by atoms with E-state index in [0.29, 0.717) is 0 Å². The van der Waals surface area contributed by atoms with E-state index in [9.17, 15) is 9.36 Å². The van der Waals surface area contributed by atoms with E-state index in [0.717, 1.165) is 0 Å². The third-order valence-corrected chi connectivity index (χ3v) is 2.55. The minimum absolute atomic E-state index is 0.0671. The zero-order chi connectivity index (χ0) is 15.9. The lowest BCUT2D eigenvalue weighted by atomic mass is 10.2. The molecule has 2 aromatic carbocycles. The monoisotopic (exact) mass is 312 g/mol. The molecular weight excluding hydrogens is 299 g/mol. The van der Waals surface area contributed by atoms with Gasteiger partial charge in [0.05, 0.1) is 0 Å². The Kier molecular flexibility index (Phi) is 5.92. The normalized spacial score (nSPS) is 10.2. The second-order valence-corrected chi connectivity index (χ2v) is 4.88. The fraction of sp³-hybridized carbons (Fsp3) is 0. The number of carboxylic acids is 1. The van der Waals surface area contributed by atoms with Gasteiger partial charge in [0, 0.05) is 0 Å². The molecule has 2 aromatic rings. The van der Waals surface area contributed by atoms with E-state index >= 15 is 0 Å². The molecule has 0 fully saturated rings. The number of carbonyl (C=O) groups is 1. The number of hydrogen-bond acceptors (Lipinski definition) is 4. The smallest absolute Gasteiger partial charge is 0.507 e. The fourth-order valence-electron chi connectivity index (χ4n) is 1.27. The average Bonchev–Trinajstić information content (AvgIpc) is 2.39. The van der Waals surface area contributed by atoms with Gasteiger partial charge < -0.3 is 14.7 Å². The van der Waals surface area contributed by atoms with Crippen molar-refractivity contribution in [2.45, 2.75) is 0 Å². The molecular formula is C13H13O7P. The highest BCUT2D eigenvalue weighted by Crippen LogP contribution is 2.36. The van der Waals surface area contributed by atoms with E-state index in [1.54, 1.807) is 30.3 Å². The molecule has 0 spiro atoms. The van der Waals surface area contributed by atoms with Gasteiger partial charge in [-0.2, -0.15) is 0 Å². The Morgan fingerprint density at radius 1 is 0.952 bits per heavy atom. The van der Waals surface area contributed by atoms with Gasteiger partial charge in [-0.3, -0.25) is 9.79 Å². The molecule has 0 radical (unpaired) electrons. The van der Waals surface area contributed by atoms with Crippen LogP contribution in [-0.4, -0.2) is 26.0 Å². The predicted octanol–water partition coefficient (Wildman–Crippen LogP) is 2.25. The number of aromatic hydroxyl groups is 1. The van der Waals surface area contributed by atoms with Gasteiger partial charge >= 0.3 is 13.8 Å². The zero-order valence-electron chi connectivity index (χ0n) is 10.7. The van der Waals surface area contributed by atoms with Crippen LogP contribution < -0.4 is 4.52 Å². The molecule has 0 aliphatic rings. The van der Waals surface area contributed by atoms with Crippen molar-refractivity contribution in [2.75, 3.05) is 0 Å². The minimum Gasteiger partial charge on any atom is -0.507 e. The second-order valence-electron chi connectivity index (χ2n) is 3.72. The first kappa shape index (κ1) is 16.7. The molecule has 0 saturated carbocycles. The number of phosphoric acid groups is 1. The van der Waals surface area contributed by atoms with E-state index in [1.165, 1.54) is 24.3 Å². The van der Waals surface area contributed by atoms with Gasteiger partial charge in [-0.25, -0.2) is 9.36 Å². The number of hydrogen-bond donors (Lipinski definition) is 4. The Hall–Kier alpha value is -2.34. The molecule has 0 aliphatic heterocycles. The van der Waals surface area contributed by atoms with Crippen LogP contribution in [0.15, 0.2) is 54.6 Å². The summed E-state index contributed by atoms with van der Waals surface area (Å²) in [5.74, 6) is -1.14. The van der Waals surface area contributed by atoms with Crippen molar-refractivity contribution < 1.29 is 33.9 Å². The highest BCUT2D eigenvalue weighted by molar-refractivity contribution is 7.46. The zero-order valence-corrected chi connectivity index (χ0v) is 11.6. The summed E-state index contributed by atoms with van der Waals surface area (Å²) in [6, 6.07) is 13.7. The van der Waals surface area contributed by atoms with Crippen LogP contribution in [0.5, 0.6) is 11.5 Å². The number of phosphoric ester groups is 1. The maximum atomic E-state index is 10.3. The summed E-state index contributed by atoms with van der Waals surface area (Å²) >= 11 is 0.